The number of nitrogens with one attached hydrogen (secondary N) is 1. The van der Waals surface area contributed by atoms with Crippen LogP contribution in [0, 0.1) is 11.8 Å². The summed E-state index contributed by atoms with van der Waals surface area (Å²) in [6, 6.07) is 11.2. The second-order valence-corrected chi connectivity index (χ2v) is 5.68. The maximum absolute atomic E-state index is 3.69. The van der Waals surface area contributed by atoms with E-state index in [2.05, 4.69) is 49.5 Å². The van der Waals surface area contributed by atoms with Crippen molar-refractivity contribution in [1.29, 1.82) is 0 Å². The van der Waals surface area contributed by atoms with Gasteiger partial charge in [0.05, 0.1) is 0 Å². The molecular weight excluding hydrogens is 206 g/mol. The molecule has 1 N–H and O–H groups in total. The van der Waals surface area contributed by atoms with Crippen LogP contribution in [0.2, 0.25) is 0 Å². The molecule has 3 unspecified atom stereocenters. The normalized spacial score (nSPS) is 26.7. The van der Waals surface area contributed by atoms with Crippen LogP contribution >= 0.6 is 0 Å². The molecule has 0 heterocycles. The largest absolute Gasteiger partial charge is 0.310 e. The molecule has 0 aliphatic heterocycles. The Labute approximate surface area is 106 Å². The van der Waals surface area contributed by atoms with Crippen molar-refractivity contribution in [3.8, 4) is 0 Å². The second-order valence-electron chi connectivity index (χ2n) is 5.68. The van der Waals surface area contributed by atoms with Crippen molar-refractivity contribution in [2.45, 2.75) is 45.6 Å². The highest BCUT2D eigenvalue weighted by molar-refractivity contribution is 5.17. The summed E-state index contributed by atoms with van der Waals surface area (Å²) in [6.07, 6.45) is 5.69. The van der Waals surface area contributed by atoms with Gasteiger partial charge in [-0.3, -0.25) is 0 Å². The first-order valence-electron chi connectivity index (χ1n) is 7.04. The Morgan fingerprint density at radius 1 is 1.24 bits per heavy atom. The predicted octanol–water partition coefficient (Wildman–Crippen LogP) is 4.16. The molecule has 1 saturated carbocycles. The Bertz CT molecular complexity index is 320. The number of rotatable bonds is 4. The molecule has 0 amide bonds. The van der Waals surface area contributed by atoms with Gasteiger partial charge in [-0.25, -0.2) is 0 Å². The van der Waals surface area contributed by atoms with Gasteiger partial charge in [-0.05, 0) is 43.7 Å². The monoisotopic (exact) mass is 231 g/mol. The van der Waals surface area contributed by atoms with Crippen LogP contribution in [0.5, 0.6) is 0 Å². The summed E-state index contributed by atoms with van der Waals surface area (Å²) in [7, 11) is 0. The molecule has 1 nitrogen and oxygen atoms in total. The lowest BCUT2D eigenvalue weighted by Crippen LogP contribution is -2.28. The van der Waals surface area contributed by atoms with Crippen LogP contribution in [0.25, 0.3) is 0 Å². The summed E-state index contributed by atoms with van der Waals surface area (Å²) in [5, 5.41) is 3.69. The van der Waals surface area contributed by atoms with Crippen molar-refractivity contribution in [1.82, 2.24) is 5.32 Å². The van der Waals surface area contributed by atoms with Gasteiger partial charge >= 0.3 is 0 Å². The zero-order valence-corrected chi connectivity index (χ0v) is 11.2. The minimum absolute atomic E-state index is 0.480. The number of hydrogen-bond acceptors (Lipinski definition) is 1. The molecule has 1 aliphatic rings. The van der Waals surface area contributed by atoms with Crippen LogP contribution in [0.1, 0.15) is 51.1 Å². The maximum atomic E-state index is 3.69. The minimum Gasteiger partial charge on any atom is -0.310 e. The van der Waals surface area contributed by atoms with Crippen LogP contribution in [-0.2, 0) is 0 Å². The molecule has 1 heteroatoms. The van der Waals surface area contributed by atoms with Crippen LogP contribution in [0.4, 0.5) is 0 Å². The summed E-state index contributed by atoms with van der Waals surface area (Å²) in [6.45, 7) is 5.84. The molecular formula is C16H25N. The summed E-state index contributed by atoms with van der Waals surface area (Å²) < 4.78 is 0. The topological polar surface area (TPSA) is 12.0 Å². The lowest BCUT2D eigenvalue weighted by Gasteiger charge is -2.28. The first-order chi connectivity index (χ1) is 8.25. The van der Waals surface area contributed by atoms with Crippen LogP contribution < -0.4 is 5.32 Å². The molecule has 17 heavy (non-hydrogen) atoms. The third-order valence-electron chi connectivity index (χ3n) is 4.06. The Hall–Kier alpha value is -0.820. The molecule has 0 bridgehead atoms. The highest BCUT2D eigenvalue weighted by atomic mass is 14.9. The zero-order valence-electron chi connectivity index (χ0n) is 11.2. The molecule has 1 fully saturated rings. The van der Waals surface area contributed by atoms with E-state index in [4.69, 9.17) is 0 Å². The fourth-order valence-electron chi connectivity index (χ4n) is 2.95. The van der Waals surface area contributed by atoms with E-state index in [1.165, 1.54) is 37.8 Å². The van der Waals surface area contributed by atoms with E-state index in [1.807, 2.05) is 0 Å². The van der Waals surface area contributed by atoms with Gasteiger partial charge < -0.3 is 5.32 Å². The maximum Gasteiger partial charge on any atom is 0.0291 e. The molecule has 3 atom stereocenters. The van der Waals surface area contributed by atoms with Crippen LogP contribution in [0.3, 0.4) is 0 Å². The Morgan fingerprint density at radius 2 is 2.00 bits per heavy atom. The van der Waals surface area contributed by atoms with E-state index in [9.17, 15) is 0 Å². The van der Waals surface area contributed by atoms with Crippen molar-refractivity contribution in [2.75, 3.05) is 6.54 Å². The molecule has 1 aromatic rings. The Balaban J connectivity index is 1.78. The first kappa shape index (κ1) is 12.6. The van der Waals surface area contributed by atoms with Gasteiger partial charge in [0, 0.05) is 6.04 Å². The van der Waals surface area contributed by atoms with Gasteiger partial charge in [0.25, 0.3) is 0 Å². The summed E-state index contributed by atoms with van der Waals surface area (Å²) in [4.78, 5) is 0. The quantitative estimate of drug-likeness (QED) is 0.820. The van der Waals surface area contributed by atoms with Gasteiger partial charge in [0.15, 0.2) is 0 Å². The smallest absolute Gasteiger partial charge is 0.0291 e. The van der Waals surface area contributed by atoms with Crippen LogP contribution in [-0.4, -0.2) is 6.54 Å². The van der Waals surface area contributed by atoms with Gasteiger partial charge in [0.1, 0.15) is 0 Å². The van der Waals surface area contributed by atoms with Crippen molar-refractivity contribution in [3.05, 3.63) is 35.9 Å². The summed E-state index contributed by atoms with van der Waals surface area (Å²) >= 11 is 0. The highest BCUT2D eigenvalue weighted by Crippen LogP contribution is 2.28. The Kier molecular flexibility index (Phi) is 4.61. The molecule has 0 aromatic heterocycles. The van der Waals surface area contributed by atoms with Gasteiger partial charge in [-0.15, -0.1) is 0 Å². The van der Waals surface area contributed by atoms with Crippen molar-refractivity contribution in [2.24, 2.45) is 11.8 Å². The molecule has 94 valence electrons. The Morgan fingerprint density at radius 3 is 2.71 bits per heavy atom. The SMILES string of the molecule is CC1CCCC(CNC(C)c2ccccc2)C1. The molecule has 0 spiro atoms. The molecule has 0 saturated heterocycles. The summed E-state index contributed by atoms with van der Waals surface area (Å²) in [5.41, 5.74) is 1.40. The summed E-state index contributed by atoms with van der Waals surface area (Å²) in [5.74, 6) is 1.83. The zero-order chi connectivity index (χ0) is 12.1. The minimum atomic E-state index is 0.480. The molecule has 0 radical (unpaired) electrons. The van der Waals surface area contributed by atoms with E-state index < -0.39 is 0 Å². The van der Waals surface area contributed by atoms with Gasteiger partial charge in [-0.1, -0.05) is 50.1 Å². The standard InChI is InChI=1S/C16H25N/c1-13-7-6-8-15(11-13)12-17-14(2)16-9-4-3-5-10-16/h3-5,9-10,13-15,17H,6-8,11-12H2,1-2H3. The molecule has 1 aliphatic carbocycles. The fourth-order valence-corrected chi connectivity index (χ4v) is 2.95. The molecule has 2 rings (SSSR count). The van der Waals surface area contributed by atoms with E-state index >= 15 is 0 Å². The second kappa shape index (κ2) is 6.20. The third-order valence-corrected chi connectivity index (χ3v) is 4.06. The highest BCUT2D eigenvalue weighted by Gasteiger charge is 2.19. The third kappa shape index (κ3) is 3.85. The lowest BCUT2D eigenvalue weighted by atomic mass is 9.82. The van der Waals surface area contributed by atoms with E-state index in [0.717, 1.165) is 11.8 Å². The van der Waals surface area contributed by atoms with E-state index in [-0.39, 0.29) is 0 Å². The van der Waals surface area contributed by atoms with Crippen LogP contribution in [0.15, 0.2) is 30.3 Å². The van der Waals surface area contributed by atoms with Gasteiger partial charge in [0.2, 0.25) is 0 Å². The van der Waals surface area contributed by atoms with Crippen molar-refractivity contribution in [3.63, 3.8) is 0 Å². The average molecular weight is 231 g/mol. The van der Waals surface area contributed by atoms with Crippen molar-refractivity contribution < 1.29 is 0 Å². The lowest BCUT2D eigenvalue weighted by molar-refractivity contribution is 0.268. The number of benzene rings is 1. The van der Waals surface area contributed by atoms with Gasteiger partial charge in [-0.2, -0.15) is 0 Å². The van der Waals surface area contributed by atoms with E-state index in [1.54, 1.807) is 0 Å². The molecule has 1 aromatic carbocycles. The fraction of sp³-hybridized carbons (Fsp3) is 0.625. The van der Waals surface area contributed by atoms with Crippen molar-refractivity contribution >= 4 is 0 Å². The average Bonchev–Trinajstić information content (AvgIpc) is 2.37. The van der Waals surface area contributed by atoms with E-state index in [0.29, 0.717) is 6.04 Å². The number of hydrogen-bond donors (Lipinski definition) is 1. The predicted molar refractivity (Wildman–Crippen MR) is 74.0 cm³/mol. The first-order valence-corrected chi connectivity index (χ1v) is 7.04.